The Morgan fingerprint density at radius 3 is 2.79 bits per heavy atom. The number of aromatic nitrogens is 1. The van der Waals surface area contributed by atoms with Crippen LogP contribution in [0.1, 0.15) is 27.8 Å². The van der Waals surface area contributed by atoms with Crippen LogP contribution in [-0.4, -0.2) is 23.6 Å². The summed E-state index contributed by atoms with van der Waals surface area (Å²) in [6.07, 6.45) is 1.30. The summed E-state index contributed by atoms with van der Waals surface area (Å²) in [5.74, 6) is -0.941. The summed E-state index contributed by atoms with van der Waals surface area (Å²) in [5, 5.41) is 6.11. The van der Waals surface area contributed by atoms with Gasteiger partial charge in [-0.2, -0.15) is 0 Å². The first-order valence-electron chi connectivity index (χ1n) is 5.70. The molecule has 0 bridgehead atoms. The molecule has 0 atom stereocenters. The van der Waals surface area contributed by atoms with Gasteiger partial charge in [-0.1, -0.05) is 17.3 Å². The molecule has 1 aromatic heterocycles. The van der Waals surface area contributed by atoms with E-state index in [2.05, 4.69) is 15.0 Å². The molecule has 6 heteroatoms. The van der Waals surface area contributed by atoms with Gasteiger partial charge in [0.15, 0.2) is 5.69 Å². The molecule has 2 rings (SSSR count). The maximum atomic E-state index is 11.8. The normalized spacial score (nSPS) is 9.95. The van der Waals surface area contributed by atoms with Gasteiger partial charge in [-0.15, -0.1) is 0 Å². The molecule has 2 aromatic rings. The summed E-state index contributed by atoms with van der Waals surface area (Å²) in [6, 6.07) is 8.03. The fourth-order valence-corrected chi connectivity index (χ4v) is 1.49. The zero-order valence-corrected chi connectivity index (χ0v) is 10.3. The van der Waals surface area contributed by atoms with Crippen LogP contribution in [0.4, 0.5) is 5.69 Å². The Kier molecular flexibility index (Phi) is 3.92. The molecule has 0 saturated carbocycles. The second kappa shape index (κ2) is 5.81. The Morgan fingerprint density at radius 1 is 1.32 bits per heavy atom. The van der Waals surface area contributed by atoms with Crippen LogP contribution in [-0.2, 0) is 4.74 Å². The molecular formula is C13H12N2O4. The first kappa shape index (κ1) is 12.8. The molecule has 19 heavy (non-hydrogen) atoms. The molecule has 0 radical (unpaired) electrons. The van der Waals surface area contributed by atoms with Crippen molar-refractivity contribution >= 4 is 17.6 Å². The number of carbonyl (C=O) groups is 2. The Balaban J connectivity index is 2.21. The Bertz CT molecular complexity index is 578. The van der Waals surface area contributed by atoms with E-state index in [4.69, 9.17) is 4.74 Å². The maximum absolute atomic E-state index is 11.8. The predicted molar refractivity (Wildman–Crippen MR) is 66.9 cm³/mol. The number of esters is 1. The fourth-order valence-electron chi connectivity index (χ4n) is 1.49. The Morgan fingerprint density at radius 2 is 2.11 bits per heavy atom. The molecule has 1 N–H and O–H groups in total. The van der Waals surface area contributed by atoms with E-state index < -0.39 is 11.9 Å². The molecule has 1 aromatic carbocycles. The standard InChI is InChI=1S/C13H12N2O4/c1-2-18-13(17)9-5-3-4-6-10(9)14-12(16)11-7-8-19-15-11/h3-8H,2H2,1H3,(H,14,16). The van der Waals surface area contributed by atoms with Gasteiger partial charge in [-0.25, -0.2) is 4.79 Å². The van der Waals surface area contributed by atoms with Crippen LogP contribution in [0.15, 0.2) is 41.1 Å². The molecule has 1 amide bonds. The highest BCUT2D eigenvalue weighted by atomic mass is 16.5. The highest BCUT2D eigenvalue weighted by molar-refractivity contribution is 6.06. The molecule has 98 valence electrons. The predicted octanol–water partition coefficient (Wildman–Crippen LogP) is 2.10. The van der Waals surface area contributed by atoms with E-state index in [1.165, 1.54) is 12.3 Å². The highest BCUT2D eigenvalue weighted by Gasteiger charge is 2.15. The van der Waals surface area contributed by atoms with Crippen molar-refractivity contribution < 1.29 is 18.8 Å². The molecule has 0 aliphatic carbocycles. The molecular weight excluding hydrogens is 248 g/mol. The van der Waals surface area contributed by atoms with E-state index in [1.54, 1.807) is 31.2 Å². The minimum Gasteiger partial charge on any atom is -0.462 e. The molecule has 0 fully saturated rings. The van der Waals surface area contributed by atoms with Gasteiger partial charge < -0.3 is 14.6 Å². The number of benzene rings is 1. The van der Waals surface area contributed by atoms with Crippen LogP contribution in [0, 0.1) is 0 Å². The van der Waals surface area contributed by atoms with Crippen LogP contribution >= 0.6 is 0 Å². The molecule has 0 aliphatic heterocycles. The Hall–Kier alpha value is -2.63. The van der Waals surface area contributed by atoms with E-state index in [0.717, 1.165) is 0 Å². The average Bonchev–Trinajstić information content (AvgIpc) is 2.93. The van der Waals surface area contributed by atoms with Gasteiger partial charge in [0, 0.05) is 6.07 Å². The molecule has 0 aliphatic rings. The van der Waals surface area contributed by atoms with Crippen LogP contribution < -0.4 is 5.32 Å². The van der Waals surface area contributed by atoms with Crippen molar-refractivity contribution in [2.45, 2.75) is 6.92 Å². The lowest BCUT2D eigenvalue weighted by Gasteiger charge is -2.08. The lowest BCUT2D eigenvalue weighted by Crippen LogP contribution is -2.16. The minimum absolute atomic E-state index is 0.138. The van der Waals surface area contributed by atoms with Crippen LogP contribution in [0.25, 0.3) is 0 Å². The van der Waals surface area contributed by atoms with Gasteiger partial charge in [0.2, 0.25) is 0 Å². The first-order chi connectivity index (χ1) is 9.22. The summed E-state index contributed by atoms with van der Waals surface area (Å²) in [5.41, 5.74) is 0.800. The van der Waals surface area contributed by atoms with Crippen molar-refractivity contribution in [3.63, 3.8) is 0 Å². The molecule has 1 heterocycles. The lowest BCUT2D eigenvalue weighted by atomic mass is 10.1. The number of nitrogens with zero attached hydrogens (tertiary/aromatic N) is 1. The van der Waals surface area contributed by atoms with Crippen molar-refractivity contribution in [3.8, 4) is 0 Å². The van der Waals surface area contributed by atoms with Gasteiger partial charge >= 0.3 is 5.97 Å². The summed E-state index contributed by atoms with van der Waals surface area (Å²) in [7, 11) is 0. The second-order valence-electron chi connectivity index (χ2n) is 3.60. The van der Waals surface area contributed by atoms with E-state index in [9.17, 15) is 9.59 Å². The number of anilines is 1. The van der Waals surface area contributed by atoms with Crippen molar-refractivity contribution in [2.75, 3.05) is 11.9 Å². The molecule has 0 spiro atoms. The third-order valence-electron chi connectivity index (χ3n) is 2.34. The lowest BCUT2D eigenvalue weighted by molar-refractivity contribution is 0.0527. The smallest absolute Gasteiger partial charge is 0.340 e. The summed E-state index contributed by atoms with van der Waals surface area (Å²) < 4.78 is 9.50. The van der Waals surface area contributed by atoms with Gasteiger partial charge in [0.05, 0.1) is 17.9 Å². The van der Waals surface area contributed by atoms with E-state index in [-0.39, 0.29) is 12.3 Å². The fraction of sp³-hybridized carbons (Fsp3) is 0.154. The number of rotatable bonds is 4. The monoisotopic (exact) mass is 260 g/mol. The summed E-state index contributed by atoms with van der Waals surface area (Å²) >= 11 is 0. The number of amides is 1. The summed E-state index contributed by atoms with van der Waals surface area (Å²) in [4.78, 5) is 23.5. The topological polar surface area (TPSA) is 81.4 Å². The highest BCUT2D eigenvalue weighted by Crippen LogP contribution is 2.17. The number of nitrogens with one attached hydrogen (secondary N) is 1. The molecule has 0 unspecified atom stereocenters. The van der Waals surface area contributed by atoms with Gasteiger partial charge in [-0.3, -0.25) is 4.79 Å². The van der Waals surface area contributed by atoms with Crippen molar-refractivity contribution in [3.05, 3.63) is 47.9 Å². The zero-order chi connectivity index (χ0) is 13.7. The van der Waals surface area contributed by atoms with Crippen LogP contribution in [0.3, 0.4) is 0 Å². The summed E-state index contributed by atoms with van der Waals surface area (Å²) in [6.45, 7) is 1.99. The Labute approximate surface area is 109 Å². The van der Waals surface area contributed by atoms with Gasteiger partial charge in [0.1, 0.15) is 6.26 Å². The molecule has 6 nitrogen and oxygen atoms in total. The minimum atomic E-state index is -0.487. The third-order valence-corrected chi connectivity index (χ3v) is 2.34. The quantitative estimate of drug-likeness (QED) is 0.851. The van der Waals surface area contributed by atoms with Gasteiger partial charge in [0.25, 0.3) is 5.91 Å². The third kappa shape index (κ3) is 2.98. The van der Waals surface area contributed by atoms with E-state index >= 15 is 0 Å². The first-order valence-corrected chi connectivity index (χ1v) is 5.70. The van der Waals surface area contributed by atoms with Crippen LogP contribution in [0.5, 0.6) is 0 Å². The van der Waals surface area contributed by atoms with Crippen molar-refractivity contribution in [2.24, 2.45) is 0 Å². The van der Waals surface area contributed by atoms with E-state index in [1.807, 2.05) is 0 Å². The number of hydrogen-bond acceptors (Lipinski definition) is 5. The largest absolute Gasteiger partial charge is 0.462 e. The number of hydrogen-bond donors (Lipinski definition) is 1. The average molecular weight is 260 g/mol. The number of carbonyl (C=O) groups excluding carboxylic acids is 2. The number of ether oxygens (including phenoxy) is 1. The van der Waals surface area contributed by atoms with Crippen LogP contribution in [0.2, 0.25) is 0 Å². The van der Waals surface area contributed by atoms with Crippen molar-refractivity contribution in [1.29, 1.82) is 0 Å². The van der Waals surface area contributed by atoms with E-state index in [0.29, 0.717) is 11.3 Å². The SMILES string of the molecule is CCOC(=O)c1ccccc1NC(=O)c1ccon1. The maximum Gasteiger partial charge on any atom is 0.340 e. The van der Waals surface area contributed by atoms with Gasteiger partial charge in [-0.05, 0) is 19.1 Å². The van der Waals surface area contributed by atoms with Crippen molar-refractivity contribution in [1.82, 2.24) is 5.16 Å². The second-order valence-corrected chi connectivity index (χ2v) is 3.60. The molecule has 0 saturated heterocycles. The number of para-hydroxylation sites is 1. The zero-order valence-electron chi connectivity index (χ0n) is 10.3.